The zero-order valence-corrected chi connectivity index (χ0v) is 15.8. The number of hydrogen-bond acceptors (Lipinski definition) is 3. The van der Waals surface area contributed by atoms with Gasteiger partial charge in [-0.2, -0.15) is 0 Å². The molecule has 0 bridgehead atoms. The Balaban J connectivity index is 1.85. The summed E-state index contributed by atoms with van der Waals surface area (Å²) in [7, 11) is 4.05. The van der Waals surface area contributed by atoms with E-state index in [4.69, 9.17) is 0 Å². The number of likely N-dealkylation sites (N-methyl/N-ethyl adjacent to an activating group) is 1. The highest BCUT2D eigenvalue weighted by Crippen LogP contribution is 2.64. The van der Waals surface area contributed by atoms with Crippen LogP contribution in [0.2, 0.25) is 0 Å². The van der Waals surface area contributed by atoms with Gasteiger partial charge < -0.3 is 10.4 Å². The first-order valence-corrected chi connectivity index (χ1v) is 9.91. The maximum Gasteiger partial charge on any atom is 0.121 e. The van der Waals surface area contributed by atoms with E-state index in [9.17, 15) is 5.11 Å². The van der Waals surface area contributed by atoms with Gasteiger partial charge in [-0.1, -0.05) is 31.1 Å². The van der Waals surface area contributed by atoms with E-state index < -0.39 is 5.72 Å². The minimum absolute atomic E-state index is 0.0398. The highest BCUT2D eigenvalue weighted by molar-refractivity contribution is 5.45. The standard InChI is InChI=1S/C21H34N2O/c1-19-10-6-5-7-14(19)13-17(22-3)18-15(19)8-11-20(2)16(18)9-12-21(20,24)23-4/h7,16-17,22-24H,5-6,8-13H2,1-4H3/t16-,17?,19-,20-,21?/m0/s1. The lowest BCUT2D eigenvalue weighted by molar-refractivity contribution is -0.0944. The van der Waals surface area contributed by atoms with Crippen molar-refractivity contribution in [3.63, 3.8) is 0 Å². The highest BCUT2D eigenvalue weighted by Gasteiger charge is 2.61. The second kappa shape index (κ2) is 5.43. The van der Waals surface area contributed by atoms with Crippen LogP contribution >= 0.6 is 0 Å². The number of rotatable bonds is 2. The van der Waals surface area contributed by atoms with Crippen molar-refractivity contribution in [1.29, 1.82) is 0 Å². The molecular formula is C21H34N2O. The molecule has 4 aliphatic rings. The predicted octanol–water partition coefficient (Wildman–Crippen LogP) is 3.51. The molecule has 3 nitrogen and oxygen atoms in total. The summed E-state index contributed by atoms with van der Waals surface area (Å²) in [5.41, 5.74) is 4.61. The summed E-state index contributed by atoms with van der Waals surface area (Å²) in [6, 6.07) is 0.459. The maximum absolute atomic E-state index is 11.2. The van der Waals surface area contributed by atoms with Crippen LogP contribution in [-0.2, 0) is 0 Å². The molecule has 4 rings (SSSR count). The summed E-state index contributed by atoms with van der Waals surface area (Å²) in [6.07, 6.45) is 11.8. The van der Waals surface area contributed by atoms with Crippen molar-refractivity contribution in [2.75, 3.05) is 14.1 Å². The van der Waals surface area contributed by atoms with E-state index in [1.165, 1.54) is 19.3 Å². The Labute approximate surface area is 147 Å². The zero-order valence-electron chi connectivity index (χ0n) is 15.8. The molecule has 0 aromatic rings. The fourth-order valence-corrected chi connectivity index (χ4v) is 6.68. The van der Waals surface area contributed by atoms with E-state index in [2.05, 4.69) is 37.6 Å². The van der Waals surface area contributed by atoms with Crippen LogP contribution in [0.25, 0.3) is 0 Å². The molecule has 0 aliphatic heterocycles. The van der Waals surface area contributed by atoms with Gasteiger partial charge in [0, 0.05) is 16.9 Å². The van der Waals surface area contributed by atoms with Crippen LogP contribution in [0.1, 0.15) is 65.2 Å². The van der Waals surface area contributed by atoms with Crippen molar-refractivity contribution < 1.29 is 5.11 Å². The van der Waals surface area contributed by atoms with Crippen LogP contribution < -0.4 is 10.6 Å². The Bertz CT molecular complexity index is 609. The average Bonchev–Trinajstić information content (AvgIpc) is 2.86. The van der Waals surface area contributed by atoms with Crippen LogP contribution in [0, 0.1) is 16.7 Å². The van der Waals surface area contributed by atoms with Gasteiger partial charge in [0.15, 0.2) is 0 Å². The molecule has 4 aliphatic carbocycles. The maximum atomic E-state index is 11.2. The molecule has 0 saturated heterocycles. The largest absolute Gasteiger partial charge is 0.375 e. The summed E-state index contributed by atoms with van der Waals surface area (Å²) in [5.74, 6) is 0.511. The number of nitrogens with one attached hydrogen (secondary N) is 2. The minimum atomic E-state index is -0.710. The van der Waals surface area contributed by atoms with Crippen LogP contribution in [0.5, 0.6) is 0 Å². The summed E-state index contributed by atoms with van der Waals surface area (Å²) >= 11 is 0. The number of aliphatic hydroxyl groups is 1. The van der Waals surface area contributed by atoms with E-state index >= 15 is 0 Å². The molecule has 0 aromatic heterocycles. The van der Waals surface area contributed by atoms with Crippen molar-refractivity contribution in [1.82, 2.24) is 10.6 Å². The smallest absolute Gasteiger partial charge is 0.121 e. The highest BCUT2D eigenvalue weighted by atomic mass is 16.3. The van der Waals surface area contributed by atoms with E-state index in [-0.39, 0.29) is 5.41 Å². The SMILES string of the molecule is CNC1CC2=CCCC[C@]2(C)C2=C1[C@@H]1CCC(O)(NC)[C@@]1(C)CC2. The Kier molecular flexibility index (Phi) is 3.80. The minimum Gasteiger partial charge on any atom is -0.375 e. The molecule has 0 heterocycles. The topological polar surface area (TPSA) is 44.3 Å². The third kappa shape index (κ3) is 1.95. The van der Waals surface area contributed by atoms with Crippen molar-refractivity contribution in [3.05, 3.63) is 22.8 Å². The molecule has 24 heavy (non-hydrogen) atoms. The first-order chi connectivity index (χ1) is 11.4. The molecule has 5 atom stereocenters. The van der Waals surface area contributed by atoms with Crippen LogP contribution in [-0.4, -0.2) is 31.0 Å². The molecule has 0 amide bonds. The quantitative estimate of drug-likeness (QED) is 0.536. The lowest BCUT2D eigenvalue weighted by Gasteiger charge is -2.55. The molecule has 2 unspecified atom stereocenters. The van der Waals surface area contributed by atoms with Crippen LogP contribution in [0.4, 0.5) is 0 Å². The summed E-state index contributed by atoms with van der Waals surface area (Å²) in [4.78, 5) is 0. The summed E-state index contributed by atoms with van der Waals surface area (Å²) in [6.45, 7) is 4.83. The van der Waals surface area contributed by atoms with Gasteiger partial charge in [-0.3, -0.25) is 5.32 Å². The molecule has 0 radical (unpaired) electrons. The molecule has 1 saturated carbocycles. The van der Waals surface area contributed by atoms with Crippen LogP contribution in [0.3, 0.4) is 0 Å². The summed E-state index contributed by atoms with van der Waals surface area (Å²) in [5, 5.41) is 18.1. The van der Waals surface area contributed by atoms with Gasteiger partial charge in [0.2, 0.25) is 0 Å². The molecule has 3 N–H and O–H groups in total. The number of hydrogen-bond donors (Lipinski definition) is 3. The number of fused-ring (bicyclic) bond motifs is 4. The van der Waals surface area contributed by atoms with Gasteiger partial charge in [-0.15, -0.1) is 0 Å². The number of allylic oxidation sites excluding steroid dienone is 2. The van der Waals surface area contributed by atoms with Gasteiger partial charge in [-0.25, -0.2) is 0 Å². The third-order valence-corrected chi connectivity index (χ3v) is 8.33. The van der Waals surface area contributed by atoms with E-state index in [1.54, 1.807) is 16.7 Å². The van der Waals surface area contributed by atoms with Crippen molar-refractivity contribution in [3.8, 4) is 0 Å². The van der Waals surface area contributed by atoms with Gasteiger partial charge >= 0.3 is 0 Å². The Morgan fingerprint density at radius 1 is 1.17 bits per heavy atom. The van der Waals surface area contributed by atoms with Gasteiger partial charge in [-0.05, 0) is 77.0 Å². The fourth-order valence-electron chi connectivity index (χ4n) is 6.68. The van der Waals surface area contributed by atoms with Gasteiger partial charge in [0.1, 0.15) is 5.72 Å². The summed E-state index contributed by atoms with van der Waals surface area (Å²) < 4.78 is 0. The molecule has 3 heteroatoms. The Hall–Kier alpha value is -0.640. The van der Waals surface area contributed by atoms with E-state index in [1.807, 2.05) is 7.05 Å². The third-order valence-electron chi connectivity index (χ3n) is 8.33. The van der Waals surface area contributed by atoms with Crippen molar-refractivity contribution in [2.24, 2.45) is 16.7 Å². The first kappa shape index (κ1) is 16.8. The normalized spacial score (nSPS) is 47.8. The molecule has 0 aromatic carbocycles. The van der Waals surface area contributed by atoms with Gasteiger partial charge in [0.05, 0.1) is 0 Å². The first-order valence-electron chi connectivity index (χ1n) is 9.91. The van der Waals surface area contributed by atoms with E-state index in [0.29, 0.717) is 17.4 Å². The second-order valence-electron chi connectivity index (χ2n) is 9.05. The zero-order chi connectivity index (χ0) is 17.2. The second-order valence-corrected chi connectivity index (χ2v) is 9.05. The molecular weight excluding hydrogens is 296 g/mol. The van der Waals surface area contributed by atoms with Gasteiger partial charge in [0.25, 0.3) is 0 Å². The lowest BCUT2D eigenvalue weighted by Crippen LogP contribution is -2.57. The monoisotopic (exact) mass is 330 g/mol. The van der Waals surface area contributed by atoms with E-state index in [0.717, 1.165) is 32.1 Å². The van der Waals surface area contributed by atoms with Crippen molar-refractivity contribution in [2.45, 2.75) is 77.0 Å². The Morgan fingerprint density at radius 3 is 2.67 bits per heavy atom. The average molecular weight is 331 g/mol. The molecule has 1 fully saturated rings. The molecule has 134 valence electrons. The fraction of sp³-hybridized carbons (Fsp3) is 0.810. The van der Waals surface area contributed by atoms with Crippen LogP contribution in [0.15, 0.2) is 22.8 Å². The van der Waals surface area contributed by atoms with Crippen molar-refractivity contribution >= 4 is 0 Å². The molecule has 0 spiro atoms. The predicted molar refractivity (Wildman–Crippen MR) is 98.6 cm³/mol. The Morgan fingerprint density at radius 2 is 1.96 bits per heavy atom. The lowest BCUT2D eigenvalue weighted by atomic mass is 9.53.